The van der Waals surface area contributed by atoms with Crippen LogP contribution in [0.3, 0.4) is 0 Å². The number of aliphatic imine (C=N–C) groups is 1. The average molecular weight is 211 g/mol. The zero-order chi connectivity index (χ0) is 11.6. The van der Waals surface area contributed by atoms with Crippen LogP contribution in [0.4, 0.5) is 0 Å². The summed E-state index contributed by atoms with van der Waals surface area (Å²) in [5, 5.41) is 0. The zero-order valence-electron chi connectivity index (χ0n) is 10.7. The molecule has 0 aromatic rings. The smallest absolute Gasteiger partial charge is 0.192 e. The second-order valence-electron chi connectivity index (χ2n) is 5.79. The summed E-state index contributed by atoms with van der Waals surface area (Å²) in [5.41, 5.74) is 5.99. The van der Waals surface area contributed by atoms with E-state index < -0.39 is 0 Å². The molecule has 1 rings (SSSR count). The highest BCUT2D eigenvalue weighted by molar-refractivity contribution is 5.79. The van der Waals surface area contributed by atoms with Gasteiger partial charge in [-0.3, -0.25) is 0 Å². The van der Waals surface area contributed by atoms with Gasteiger partial charge in [-0.25, -0.2) is 4.99 Å². The van der Waals surface area contributed by atoms with Gasteiger partial charge in [0, 0.05) is 12.6 Å². The number of hydrogen-bond acceptors (Lipinski definition) is 1. The third-order valence-electron chi connectivity index (χ3n) is 2.81. The Hall–Kier alpha value is -0.730. The van der Waals surface area contributed by atoms with Crippen molar-refractivity contribution in [1.82, 2.24) is 4.90 Å². The van der Waals surface area contributed by atoms with Crippen molar-refractivity contribution in [2.24, 2.45) is 16.6 Å². The van der Waals surface area contributed by atoms with Crippen LogP contribution in [0.25, 0.3) is 0 Å². The molecule has 1 heterocycles. The van der Waals surface area contributed by atoms with Crippen molar-refractivity contribution in [3.8, 4) is 0 Å². The molecule has 1 atom stereocenters. The molecule has 3 heteroatoms. The number of nitrogens with two attached hydrogens (primary N) is 1. The fourth-order valence-corrected chi connectivity index (χ4v) is 2.18. The van der Waals surface area contributed by atoms with Crippen molar-refractivity contribution in [1.29, 1.82) is 0 Å². The highest BCUT2D eigenvalue weighted by atomic mass is 15.3. The summed E-state index contributed by atoms with van der Waals surface area (Å²) in [4.78, 5) is 6.82. The van der Waals surface area contributed by atoms with E-state index in [1.807, 2.05) is 0 Å². The maximum atomic E-state index is 6.07. The highest BCUT2D eigenvalue weighted by Gasteiger charge is 2.28. The minimum absolute atomic E-state index is 0.0752. The predicted molar refractivity (Wildman–Crippen MR) is 65.9 cm³/mol. The topological polar surface area (TPSA) is 41.6 Å². The molecule has 0 spiro atoms. The van der Waals surface area contributed by atoms with Crippen LogP contribution in [0.15, 0.2) is 4.99 Å². The van der Waals surface area contributed by atoms with Gasteiger partial charge >= 0.3 is 0 Å². The fourth-order valence-electron chi connectivity index (χ4n) is 2.18. The lowest BCUT2D eigenvalue weighted by atomic mass is 10.0. The minimum atomic E-state index is -0.0752. The van der Waals surface area contributed by atoms with E-state index in [0.29, 0.717) is 12.0 Å². The second kappa shape index (κ2) is 4.42. The van der Waals surface area contributed by atoms with Crippen molar-refractivity contribution in [2.45, 2.75) is 59.0 Å². The van der Waals surface area contributed by atoms with Crippen LogP contribution < -0.4 is 5.73 Å². The number of likely N-dealkylation sites (tertiary alicyclic amines) is 1. The summed E-state index contributed by atoms with van der Waals surface area (Å²) in [7, 11) is 0. The Morgan fingerprint density at radius 2 is 2.00 bits per heavy atom. The van der Waals surface area contributed by atoms with E-state index in [1.165, 1.54) is 12.8 Å². The van der Waals surface area contributed by atoms with Gasteiger partial charge < -0.3 is 10.6 Å². The summed E-state index contributed by atoms with van der Waals surface area (Å²) >= 11 is 0. The quantitative estimate of drug-likeness (QED) is 0.534. The number of rotatable bonds is 1. The van der Waals surface area contributed by atoms with Gasteiger partial charge in [0.1, 0.15) is 0 Å². The molecule has 0 aromatic heterocycles. The Morgan fingerprint density at radius 3 is 2.47 bits per heavy atom. The van der Waals surface area contributed by atoms with Gasteiger partial charge in [-0.1, -0.05) is 13.8 Å². The first-order valence-electron chi connectivity index (χ1n) is 5.93. The van der Waals surface area contributed by atoms with Crippen LogP contribution in [0.1, 0.15) is 47.5 Å². The molecule has 1 fully saturated rings. The van der Waals surface area contributed by atoms with Gasteiger partial charge in [0.25, 0.3) is 0 Å². The van der Waals surface area contributed by atoms with Crippen molar-refractivity contribution in [2.75, 3.05) is 6.54 Å². The molecule has 0 saturated carbocycles. The summed E-state index contributed by atoms with van der Waals surface area (Å²) in [5.74, 6) is 1.37. The molecular formula is C12H25N3. The molecule has 0 bridgehead atoms. The monoisotopic (exact) mass is 211 g/mol. The Morgan fingerprint density at radius 1 is 1.40 bits per heavy atom. The van der Waals surface area contributed by atoms with Crippen LogP contribution in [-0.4, -0.2) is 29.0 Å². The van der Waals surface area contributed by atoms with E-state index in [0.717, 1.165) is 12.5 Å². The molecule has 0 amide bonds. The molecule has 2 N–H and O–H groups in total. The Kier molecular flexibility index (Phi) is 3.63. The van der Waals surface area contributed by atoms with Crippen LogP contribution in [-0.2, 0) is 0 Å². The lowest BCUT2D eigenvalue weighted by Gasteiger charge is -2.30. The maximum absolute atomic E-state index is 6.07. The summed E-state index contributed by atoms with van der Waals surface area (Å²) in [6.07, 6.45) is 2.49. The highest BCUT2D eigenvalue weighted by Crippen LogP contribution is 2.23. The van der Waals surface area contributed by atoms with Crippen molar-refractivity contribution < 1.29 is 0 Å². The minimum Gasteiger partial charge on any atom is -0.370 e. The Labute approximate surface area is 93.7 Å². The summed E-state index contributed by atoms with van der Waals surface area (Å²) < 4.78 is 0. The molecule has 88 valence electrons. The lowest BCUT2D eigenvalue weighted by Crippen LogP contribution is -2.44. The predicted octanol–water partition coefficient (Wildman–Crippen LogP) is 2.22. The summed E-state index contributed by atoms with van der Waals surface area (Å²) in [6, 6.07) is 0.580. The van der Waals surface area contributed by atoms with Crippen molar-refractivity contribution in [3.05, 3.63) is 0 Å². The Bertz CT molecular complexity index is 238. The van der Waals surface area contributed by atoms with Gasteiger partial charge in [0.2, 0.25) is 0 Å². The van der Waals surface area contributed by atoms with E-state index in [1.54, 1.807) is 0 Å². The third-order valence-corrected chi connectivity index (χ3v) is 2.81. The van der Waals surface area contributed by atoms with E-state index in [4.69, 9.17) is 5.73 Å². The first-order valence-corrected chi connectivity index (χ1v) is 5.93. The molecular weight excluding hydrogens is 186 g/mol. The SMILES string of the molecule is CC(C)C1CCCN1C(N)=NC(C)(C)C. The van der Waals surface area contributed by atoms with Gasteiger partial charge in [-0.05, 0) is 39.5 Å². The molecule has 0 aliphatic carbocycles. The normalized spacial score (nSPS) is 24.0. The van der Waals surface area contributed by atoms with E-state index in [9.17, 15) is 0 Å². The van der Waals surface area contributed by atoms with Crippen LogP contribution in [0.5, 0.6) is 0 Å². The third kappa shape index (κ3) is 3.40. The largest absolute Gasteiger partial charge is 0.370 e. The molecule has 0 aromatic carbocycles. The van der Waals surface area contributed by atoms with E-state index >= 15 is 0 Å². The Balaban J connectivity index is 2.75. The van der Waals surface area contributed by atoms with Crippen molar-refractivity contribution in [3.63, 3.8) is 0 Å². The molecule has 15 heavy (non-hydrogen) atoms. The number of guanidine groups is 1. The first-order chi connectivity index (χ1) is 6.81. The van der Waals surface area contributed by atoms with E-state index in [2.05, 4.69) is 44.5 Å². The van der Waals surface area contributed by atoms with Gasteiger partial charge in [-0.2, -0.15) is 0 Å². The summed E-state index contributed by atoms with van der Waals surface area (Å²) in [6.45, 7) is 11.8. The van der Waals surface area contributed by atoms with Gasteiger partial charge in [0.05, 0.1) is 5.54 Å². The van der Waals surface area contributed by atoms with Gasteiger partial charge in [0.15, 0.2) is 5.96 Å². The molecule has 1 aliphatic rings. The van der Waals surface area contributed by atoms with Crippen molar-refractivity contribution >= 4 is 5.96 Å². The standard InChI is InChI=1S/C12H25N3/c1-9(2)10-7-6-8-15(10)11(13)14-12(3,4)5/h9-10H,6-8H2,1-5H3,(H2,13,14). The molecule has 1 unspecified atom stereocenters. The molecule has 0 radical (unpaired) electrons. The maximum Gasteiger partial charge on any atom is 0.192 e. The first kappa shape index (κ1) is 12.3. The van der Waals surface area contributed by atoms with Crippen LogP contribution >= 0.6 is 0 Å². The fraction of sp³-hybridized carbons (Fsp3) is 0.917. The lowest BCUT2D eigenvalue weighted by molar-refractivity contribution is 0.303. The van der Waals surface area contributed by atoms with Crippen LogP contribution in [0, 0.1) is 5.92 Å². The van der Waals surface area contributed by atoms with Crippen LogP contribution in [0.2, 0.25) is 0 Å². The van der Waals surface area contributed by atoms with E-state index in [-0.39, 0.29) is 5.54 Å². The van der Waals surface area contributed by atoms with Gasteiger partial charge in [-0.15, -0.1) is 0 Å². The number of hydrogen-bond donors (Lipinski definition) is 1. The molecule has 1 saturated heterocycles. The number of nitrogens with zero attached hydrogens (tertiary/aromatic N) is 2. The molecule has 1 aliphatic heterocycles. The zero-order valence-corrected chi connectivity index (χ0v) is 10.7. The molecule has 3 nitrogen and oxygen atoms in total. The average Bonchev–Trinajstić information content (AvgIpc) is 2.47. The second-order valence-corrected chi connectivity index (χ2v) is 5.79.